The molecule has 2 nitrogen and oxygen atoms in total. The predicted molar refractivity (Wildman–Crippen MR) is 75.8 cm³/mol. The van der Waals surface area contributed by atoms with Crippen LogP contribution >= 0.6 is 17.0 Å². The molecule has 0 aliphatic heterocycles. The van der Waals surface area contributed by atoms with Crippen molar-refractivity contribution in [3.8, 4) is 0 Å². The van der Waals surface area contributed by atoms with Crippen molar-refractivity contribution < 1.29 is 4.79 Å². The van der Waals surface area contributed by atoms with Gasteiger partial charge in [0.2, 0.25) is 0 Å². The Balaban J connectivity index is 0.000000316. The van der Waals surface area contributed by atoms with E-state index in [4.69, 9.17) is 0 Å². The van der Waals surface area contributed by atoms with Crippen LogP contribution in [0.1, 0.15) is 23.0 Å². The second-order valence-corrected chi connectivity index (χ2v) is 3.17. The van der Waals surface area contributed by atoms with Gasteiger partial charge in [-0.3, -0.25) is 9.78 Å². The van der Waals surface area contributed by atoms with Gasteiger partial charge in [-0.1, -0.05) is 49.4 Å². The monoisotopic (exact) mass is 293 g/mol. The maximum absolute atomic E-state index is 10.3. The third-order valence-corrected chi connectivity index (χ3v) is 2.09. The van der Waals surface area contributed by atoms with Crippen molar-refractivity contribution in [3.05, 3.63) is 66.0 Å². The van der Waals surface area contributed by atoms with Crippen molar-refractivity contribution in [1.82, 2.24) is 4.98 Å². The fourth-order valence-corrected chi connectivity index (χ4v) is 1.24. The molecule has 1 heterocycles. The molecule has 0 aliphatic carbocycles. The van der Waals surface area contributed by atoms with Gasteiger partial charge < -0.3 is 0 Å². The van der Waals surface area contributed by atoms with Crippen molar-refractivity contribution in [2.45, 2.75) is 13.3 Å². The standard InChI is InChI=1S/C8H9NO.C6H6.BrH/c1-2-7-4-3-5-9-8(7)6-10;1-2-4-6-5-3-1;/h3-6H,2H2,1H3;1-6H;1H. The Labute approximate surface area is 112 Å². The van der Waals surface area contributed by atoms with Crippen LogP contribution in [0, 0.1) is 0 Å². The number of nitrogens with zero attached hydrogens (tertiary/aromatic N) is 1. The van der Waals surface area contributed by atoms with Crippen LogP contribution < -0.4 is 0 Å². The van der Waals surface area contributed by atoms with Crippen molar-refractivity contribution in [2.24, 2.45) is 0 Å². The minimum atomic E-state index is 0. The highest BCUT2D eigenvalue weighted by Crippen LogP contribution is 2.01. The van der Waals surface area contributed by atoms with Crippen LogP contribution in [0.2, 0.25) is 0 Å². The van der Waals surface area contributed by atoms with Crippen LogP contribution in [0.5, 0.6) is 0 Å². The van der Waals surface area contributed by atoms with E-state index in [-0.39, 0.29) is 17.0 Å². The van der Waals surface area contributed by atoms with Gasteiger partial charge in [0.1, 0.15) is 5.69 Å². The summed E-state index contributed by atoms with van der Waals surface area (Å²) in [5.74, 6) is 0. The molecule has 0 saturated heterocycles. The fraction of sp³-hybridized carbons (Fsp3) is 0.143. The van der Waals surface area contributed by atoms with Gasteiger partial charge in [0, 0.05) is 6.20 Å². The molecule has 0 spiro atoms. The lowest BCUT2D eigenvalue weighted by atomic mass is 10.1. The van der Waals surface area contributed by atoms with E-state index in [9.17, 15) is 4.79 Å². The molecule has 0 saturated carbocycles. The minimum absolute atomic E-state index is 0. The lowest BCUT2D eigenvalue weighted by Crippen LogP contribution is -1.92. The summed E-state index contributed by atoms with van der Waals surface area (Å²) < 4.78 is 0. The second-order valence-electron chi connectivity index (χ2n) is 3.17. The Morgan fingerprint density at radius 2 is 1.59 bits per heavy atom. The molecule has 2 aromatic rings. The van der Waals surface area contributed by atoms with Gasteiger partial charge in [-0.05, 0) is 18.1 Å². The van der Waals surface area contributed by atoms with Crippen LogP contribution in [-0.4, -0.2) is 11.3 Å². The Morgan fingerprint density at radius 1 is 1.06 bits per heavy atom. The first-order valence-electron chi connectivity index (χ1n) is 5.27. The molecule has 0 aliphatic rings. The van der Waals surface area contributed by atoms with E-state index < -0.39 is 0 Å². The number of pyridine rings is 1. The van der Waals surface area contributed by atoms with E-state index in [2.05, 4.69) is 4.98 Å². The second kappa shape index (κ2) is 9.73. The molecule has 90 valence electrons. The van der Waals surface area contributed by atoms with Gasteiger partial charge >= 0.3 is 0 Å². The van der Waals surface area contributed by atoms with Gasteiger partial charge in [-0.15, -0.1) is 17.0 Å². The molecule has 0 fully saturated rings. The molecule has 17 heavy (non-hydrogen) atoms. The molecule has 0 amide bonds. The van der Waals surface area contributed by atoms with E-state index in [1.165, 1.54) is 0 Å². The zero-order chi connectivity index (χ0) is 11.6. The van der Waals surface area contributed by atoms with Crippen LogP contribution in [0.25, 0.3) is 0 Å². The van der Waals surface area contributed by atoms with Gasteiger partial charge in [0.25, 0.3) is 0 Å². The highest BCUT2D eigenvalue weighted by atomic mass is 79.9. The average Bonchev–Trinajstić information content (AvgIpc) is 2.41. The molecule has 1 aromatic carbocycles. The first kappa shape index (κ1) is 15.5. The number of hydrogen-bond acceptors (Lipinski definition) is 2. The summed E-state index contributed by atoms with van der Waals surface area (Å²) >= 11 is 0. The van der Waals surface area contributed by atoms with Crippen molar-refractivity contribution >= 4 is 23.3 Å². The highest BCUT2D eigenvalue weighted by Gasteiger charge is 1.96. The summed E-state index contributed by atoms with van der Waals surface area (Å²) in [6.07, 6.45) is 3.28. The first-order chi connectivity index (χ1) is 7.88. The number of hydrogen-bond donors (Lipinski definition) is 0. The summed E-state index contributed by atoms with van der Waals surface area (Å²) in [6, 6.07) is 15.8. The van der Waals surface area contributed by atoms with Gasteiger partial charge in [0.15, 0.2) is 6.29 Å². The average molecular weight is 294 g/mol. The maximum Gasteiger partial charge on any atom is 0.168 e. The number of carbonyl (C=O) groups is 1. The zero-order valence-electron chi connectivity index (χ0n) is 9.74. The van der Waals surface area contributed by atoms with Crippen LogP contribution in [0.3, 0.4) is 0 Å². The topological polar surface area (TPSA) is 30.0 Å². The summed E-state index contributed by atoms with van der Waals surface area (Å²) in [4.78, 5) is 14.2. The number of halogens is 1. The van der Waals surface area contributed by atoms with Crippen LogP contribution in [0.15, 0.2) is 54.7 Å². The zero-order valence-corrected chi connectivity index (χ0v) is 11.5. The third kappa shape index (κ3) is 5.97. The molecule has 0 N–H and O–H groups in total. The molecule has 0 bridgehead atoms. The number of rotatable bonds is 2. The Hall–Kier alpha value is -1.48. The van der Waals surface area contributed by atoms with E-state index >= 15 is 0 Å². The normalized spacial score (nSPS) is 8.29. The lowest BCUT2D eigenvalue weighted by molar-refractivity contribution is 0.111. The third-order valence-electron chi connectivity index (χ3n) is 2.09. The SMILES string of the molecule is Br.CCc1cccnc1C=O.c1ccccc1. The highest BCUT2D eigenvalue weighted by molar-refractivity contribution is 8.93. The molecule has 0 unspecified atom stereocenters. The molecule has 0 radical (unpaired) electrons. The largest absolute Gasteiger partial charge is 0.296 e. The predicted octanol–water partition coefficient (Wildman–Crippen LogP) is 3.72. The Bertz CT molecular complexity index is 391. The Morgan fingerprint density at radius 3 is 1.94 bits per heavy atom. The van der Waals surface area contributed by atoms with Crippen molar-refractivity contribution in [3.63, 3.8) is 0 Å². The van der Waals surface area contributed by atoms with Crippen molar-refractivity contribution in [2.75, 3.05) is 0 Å². The number of benzene rings is 1. The summed E-state index contributed by atoms with van der Waals surface area (Å²) in [5.41, 5.74) is 1.57. The summed E-state index contributed by atoms with van der Waals surface area (Å²) in [5, 5.41) is 0. The summed E-state index contributed by atoms with van der Waals surface area (Å²) in [6.45, 7) is 2.00. The van der Waals surface area contributed by atoms with Gasteiger partial charge in [0.05, 0.1) is 0 Å². The molecular weight excluding hydrogens is 278 g/mol. The Kier molecular flexibility index (Phi) is 8.88. The first-order valence-corrected chi connectivity index (χ1v) is 5.27. The number of carbonyl (C=O) groups excluding carboxylic acids is 1. The molecule has 2 rings (SSSR count). The van der Waals surface area contributed by atoms with Gasteiger partial charge in [-0.25, -0.2) is 0 Å². The lowest BCUT2D eigenvalue weighted by Gasteiger charge is -1.96. The van der Waals surface area contributed by atoms with Crippen LogP contribution in [0.4, 0.5) is 0 Å². The smallest absolute Gasteiger partial charge is 0.168 e. The number of aromatic nitrogens is 1. The molecule has 1 aromatic heterocycles. The van der Waals surface area contributed by atoms with E-state index in [1.807, 2.05) is 55.5 Å². The van der Waals surface area contributed by atoms with Gasteiger partial charge in [-0.2, -0.15) is 0 Å². The number of aldehydes is 1. The minimum Gasteiger partial charge on any atom is -0.296 e. The fourth-order valence-electron chi connectivity index (χ4n) is 1.24. The molecule has 3 heteroatoms. The quantitative estimate of drug-likeness (QED) is 0.790. The molecule has 0 atom stereocenters. The number of aryl methyl sites for hydroxylation is 1. The van der Waals surface area contributed by atoms with Crippen LogP contribution in [-0.2, 0) is 6.42 Å². The van der Waals surface area contributed by atoms with Crippen molar-refractivity contribution in [1.29, 1.82) is 0 Å². The van der Waals surface area contributed by atoms with E-state index in [0.717, 1.165) is 18.3 Å². The van der Waals surface area contributed by atoms with E-state index in [1.54, 1.807) is 6.20 Å². The summed E-state index contributed by atoms with van der Waals surface area (Å²) in [7, 11) is 0. The van der Waals surface area contributed by atoms with E-state index in [0.29, 0.717) is 5.69 Å². The maximum atomic E-state index is 10.3. The molecular formula is C14H16BrNO.